The SMILES string of the molecule is CCOC(=O)C1=C(C)N=c2s/c(=C/c3ccc(C)o3)c(=O)n2C1c1ccc(OC(C)=O)cc1. The highest BCUT2D eigenvalue weighted by Gasteiger charge is 2.33. The van der Waals surface area contributed by atoms with E-state index < -0.39 is 18.0 Å². The summed E-state index contributed by atoms with van der Waals surface area (Å²) in [5, 5.41) is 0. The number of hydrogen-bond acceptors (Lipinski definition) is 8. The third-order valence-corrected chi connectivity index (χ3v) is 5.99. The van der Waals surface area contributed by atoms with Crippen LogP contribution in [0.5, 0.6) is 5.75 Å². The van der Waals surface area contributed by atoms with Gasteiger partial charge in [0, 0.05) is 13.0 Å². The quantitative estimate of drug-likeness (QED) is 0.423. The number of fused-ring (bicyclic) bond motifs is 1. The van der Waals surface area contributed by atoms with E-state index in [1.54, 1.807) is 50.3 Å². The van der Waals surface area contributed by atoms with Gasteiger partial charge in [0.05, 0.1) is 28.5 Å². The molecule has 1 atom stereocenters. The Balaban J connectivity index is 1.90. The predicted octanol–water partition coefficient (Wildman–Crippen LogP) is 2.63. The van der Waals surface area contributed by atoms with Crippen LogP contribution in [0, 0.1) is 6.92 Å². The molecule has 0 bridgehead atoms. The van der Waals surface area contributed by atoms with Crippen molar-refractivity contribution in [2.75, 3.05) is 6.61 Å². The molecule has 1 unspecified atom stereocenters. The monoisotopic (exact) mass is 466 g/mol. The largest absolute Gasteiger partial charge is 0.463 e. The fourth-order valence-electron chi connectivity index (χ4n) is 3.65. The van der Waals surface area contributed by atoms with Crippen molar-refractivity contribution >= 4 is 29.4 Å². The van der Waals surface area contributed by atoms with Crippen molar-refractivity contribution in [3.63, 3.8) is 0 Å². The maximum Gasteiger partial charge on any atom is 0.338 e. The summed E-state index contributed by atoms with van der Waals surface area (Å²) in [7, 11) is 0. The van der Waals surface area contributed by atoms with Crippen molar-refractivity contribution in [2.45, 2.75) is 33.7 Å². The number of benzene rings is 1. The number of rotatable bonds is 5. The van der Waals surface area contributed by atoms with E-state index in [0.29, 0.717) is 32.1 Å². The van der Waals surface area contributed by atoms with E-state index in [2.05, 4.69) is 4.99 Å². The van der Waals surface area contributed by atoms with E-state index >= 15 is 0 Å². The molecule has 0 radical (unpaired) electrons. The van der Waals surface area contributed by atoms with Gasteiger partial charge in [0.25, 0.3) is 5.56 Å². The third-order valence-electron chi connectivity index (χ3n) is 5.01. The second-order valence-corrected chi connectivity index (χ2v) is 8.42. The minimum Gasteiger partial charge on any atom is -0.463 e. The molecule has 3 heterocycles. The van der Waals surface area contributed by atoms with Gasteiger partial charge in [0.2, 0.25) is 0 Å². The molecule has 0 aliphatic carbocycles. The van der Waals surface area contributed by atoms with Crippen molar-refractivity contribution in [1.29, 1.82) is 0 Å². The molecular weight excluding hydrogens is 444 g/mol. The predicted molar refractivity (Wildman–Crippen MR) is 122 cm³/mol. The molecule has 9 heteroatoms. The molecule has 3 aromatic rings. The van der Waals surface area contributed by atoms with Crippen LogP contribution < -0.4 is 19.6 Å². The second kappa shape index (κ2) is 9.03. The number of nitrogens with zero attached hydrogens (tertiary/aromatic N) is 2. The lowest BCUT2D eigenvalue weighted by Gasteiger charge is -2.24. The lowest BCUT2D eigenvalue weighted by Crippen LogP contribution is -2.39. The maximum absolute atomic E-state index is 13.5. The van der Waals surface area contributed by atoms with Gasteiger partial charge >= 0.3 is 11.9 Å². The van der Waals surface area contributed by atoms with Crippen LogP contribution in [0.3, 0.4) is 0 Å². The van der Waals surface area contributed by atoms with E-state index in [4.69, 9.17) is 13.9 Å². The lowest BCUT2D eigenvalue weighted by atomic mass is 9.96. The van der Waals surface area contributed by atoms with Crippen LogP contribution in [0.1, 0.15) is 43.9 Å². The molecule has 0 fully saturated rings. The number of esters is 2. The highest BCUT2D eigenvalue weighted by atomic mass is 32.1. The van der Waals surface area contributed by atoms with Crippen molar-refractivity contribution in [2.24, 2.45) is 4.99 Å². The van der Waals surface area contributed by atoms with Gasteiger partial charge in [0.1, 0.15) is 17.3 Å². The van der Waals surface area contributed by atoms with Gasteiger partial charge in [-0.25, -0.2) is 9.79 Å². The van der Waals surface area contributed by atoms with E-state index in [-0.39, 0.29) is 17.7 Å². The number of aromatic nitrogens is 1. The summed E-state index contributed by atoms with van der Waals surface area (Å²) in [6, 6.07) is 9.54. The standard InChI is InChI=1S/C24H22N2O6S/c1-5-30-23(29)20-14(3)25-24-26(21(20)16-7-10-17(11-8-16)32-15(4)27)22(28)19(33-24)12-18-9-6-13(2)31-18/h6-12,21H,5H2,1-4H3/b19-12+. The maximum atomic E-state index is 13.5. The summed E-state index contributed by atoms with van der Waals surface area (Å²) in [5.74, 6) is 0.683. The topological polar surface area (TPSA) is 100 Å². The Morgan fingerprint density at radius 3 is 2.52 bits per heavy atom. The Labute approximate surface area is 193 Å². The van der Waals surface area contributed by atoms with E-state index in [0.717, 1.165) is 5.76 Å². The third kappa shape index (κ3) is 4.45. The number of ether oxygens (including phenoxy) is 2. The minimum absolute atomic E-state index is 0.190. The van der Waals surface area contributed by atoms with Crippen molar-refractivity contribution in [1.82, 2.24) is 4.57 Å². The average Bonchev–Trinajstić information content (AvgIpc) is 3.30. The number of hydrogen-bond donors (Lipinski definition) is 0. The Bertz CT molecular complexity index is 1440. The van der Waals surface area contributed by atoms with Crippen LogP contribution in [0.15, 0.2) is 61.9 Å². The zero-order valence-corrected chi connectivity index (χ0v) is 19.4. The van der Waals surface area contributed by atoms with Gasteiger partial charge in [-0.2, -0.15) is 0 Å². The fraction of sp³-hybridized carbons (Fsp3) is 0.250. The zero-order chi connectivity index (χ0) is 23.7. The molecule has 0 saturated carbocycles. The van der Waals surface area contributed by atoms with Crippen LogP contribution in [0.25, 0.3) is 6.08 Å². The van der Waals surface area contributed by atoms with Crippen LogP contribution >= 0.6 is 11.3 Å². The Morgan fingerprint density at radius 1 is 1.18 bits per heavy atom. The second-order valence-electron chi connectivity index (χ2n) is 7.41. The first kappa shape index (κ1) is 22.5. The molecule has 2 aromatic heterocycles. The van der Waals surface area contributed by atoms with E-state index in [1.807, 2.05) is 13.0 Å². The van der Waals surface area contributed by atoms with Gasteiger partial charge in [0.15, 0.2) is 4.80 Å². The van der Waals surface area contributed by atoms with Gasteiger partial charge in [-0.15, -0.1) is 0 Å². The van der Waals surface area contributed by atoms with Crippen LogP contribution in [-0.2, 0) is 14.3 Å². The number of furan rings is 1. The molecule has 8 nitrogen and oxygen atoms in total. The van der Waals surface area contributed by atoms with Gasteiger partial charge in [-0.3, -0.25) is 14.2 Å². The van der Waals surface area contributed by atoms with E-state index in [9.17, 15) is 14.4 Å². The number of carbonyl (C=O) groups excluding carboxylic acids is 2. The molecule has 1 aromatic carbocycles. The number of allylic oxidation sites excluding steroid dienone is 1. The molecule has 4 rings (SSSR count). The Hall–Kier alpha value is -3.72. The van der Waals surface area contributed by atoms with Crippen molar-refractivity contribution in [3.05, 3.63) is 84.4 Å². The Morgan fingerprint density at radius 2 is 1.91 bits per heavy atom. The summed E-state index contributed by atoms with van der Waals surface area (Å²) >= 11 is 1.22. The molecule has 1 aliphatic rings. The molecule has 0 saturated heterocycles. The fourth-order valence-corrected chi connectivity index (χ4v) is 4.68. The summed E-state index contributed by atoms with van der Waals surface area (Å²) < 4.78 is 17.9. The molecule has 1 aliphatic heterocycles. The first-order chi connectivity index (χ1) is 15.8. The molecule has 0 amide bonds. The zero-order valence-electron chi connectivity index (χ0n) is 18.6. The smallest absolute Gasteiger partial charge is 0.338 e. The van der Waals surface area contributed by atoms with Crippen molar-refractivity contribution in [3.8, 4) is 5.75 Å². The number of thiazole rings is 1. The number of carbonyl (C=O) groups is 2. The molecule has 33 heavy (non-hydrogen) atoms. The Kier molecular flexibility index (Phi) is 6.15. The molecule has 0 N–H and O–H groups in total. The first-order valence-corrected chi connectivity index (χ1v) is 11.1. The molecular formula is C24H22N2O6S. The normalized spacial score (nSPS) is 15.8. The summed E-state index contributed by atoms with van der Waals surface area (Å²) in [6.45, 7) is 6.78. The highest BCUT2D eigenvalue weighted by Crippen LogP contribution is 2.31. The van der Waals surface area contributed by atoms with Gasteiger partial charge in [-0.1, -0.05) is 23.5 Å². The summed E-state index contributed by atoms with van der Waals surface area (Å²) in [6.07, 6.45) is 1.67. The van der Waals surface area contributed by atoms with Crippen LogP contribution in [0.2, 0.25) is 0 Å². The average molecular weight is 467 g/mol. The first-order valence-electron chi connectivity index (χ1n) is 10.3. The van der Waals surface area contributed by atoms with Crippen LogP contribution in [-0.4, -0.2) is 23.1 Å². The number of aryl methyl sites for hydroxylation is 1. The van der Waals surface area contributed by atoms with Crippen LogP contribution in [0.4, 0.5) is 0 Å². The minimum atomic E-state index is -0.743. The molecule has 170 valence electrons. The lowest BCUT2D eigenvalue weighted by molar-refractivity contribution is -0.139. The summed E-state index contributed by atoms with van der Waals surface area (Å²) in [5.41, 5.74) is 1.12. The van der Waals surface area contributed by atoms with Gasteiger partial charge in [-0.05, 0) is 50.6 Å². The highest BCUT2D eigenvalue weighted by molar-refractivity contribution is 7.07. The van der Waals surface area contributed by atoms with Crippen molar-refractivity contribution < 1.29 is 23.5 Å². The summed E-state index contributed by atoms with van der Waals surface area (Å²) in [4.78, 5) is 42.6. The molecule has 0 spiro atoms. The van der Waals surface area contributed by atoms with E-state index in [1.165, 1.54) is 22.8 Å². The van der Waals surface area contributed by atoms with Gasteiger partial charge < -0.3 is 13.9 Å².